The zero-order chi connectivity index (χ0) is 33.3. The molecule has 0 bridgehead atoms. The summed E-state index contributed by atoms with van der Waals surface area (Å²) in [6, 6.07) is 13.3. The Balaban J connectivity index is 1.34. The summed E-state index contributed by atoms with van der Waals surface area (Å²) in [4.78, 5) is 47.1. The van der Waals surface area contributed by atoms with E-state index in [2.05, 4.69) is 15.6 Å². The maximum Gasteiger partial charge on any atom is 0.246 e. The third-order valence-corrected chi connectivity index (χ3v) is 8.74. The molecule has 0 radical (unpaired) electrons. The van der Waals surface area contributed by atoms with Gasteiger partial charge in [0.25, 0.3) is 0 Å². The molecule has 3 amide bonds. The number of likely N-dealkylation sites (tertiary alicyclic amines) is 1. The molecule has 1 aliphatic rings. The normalized spacial score (nSPS) is 17.0. The van der Waals surface area contributed by atoms with Crippen LogP contribution in [0.1, 0.15) is 44.0 Å². The third-order valence-electron chi connectivity index (χ3n) is 7.76. The van der Waals surface area contributed by atoms with Crippen LogP contribution in [-0.2, 0) is 32.1 Å². The fourth-order valence-electron chi connectivity index (χ4n) is 5.29. The van der Waals surface area contributed by atoms with Crippen molar-refractivity contribution in [2.24, 2.45) is 11.1 Å². The highest BCUT2D eigenvalue weighted by Crippen LogP contribution is 2.28. The van der Waals surface area contributed by atoms with Gasteiger partial charge in [-0.25, -0.2) is 4.98 Å². The van der Waals surface area contributed by atoms with Crippen molar-refractivity contribution in [2.75, 3.05) is 32.9 Å². The molecule has 3 aromatic rings. The lowest BCUT2D eigenvalue weighted by molar-refractivity contribution is -0.144. The van der Waals surface area contributed by atoms with Gasteiger partial charge in [-0.05, 0) is 41.2 Å². The first-order chi connectivity index (χ1) is 22.0. The first kappa shape index (κ1) is 35.0. The van der Waals surface area contributed by atoms with Crippen molar-refractivity contribution >= 4 is 29.1 Å². The molecule has 5 N–H and O–H groups in total. The molecule has 4 rings (SSSR count). The molecule has 1 saturated heterocycles. The summed E-state index contributed by atoms with van der Waals surface area (Å²) in [5, 5.41) is 16.3. The van der Waals surface area contributed by atoms with E-state index in [1.165, 1.54) is 4.90 Å². The molecule has 11 nitrogen and oxygen atoms in total. The summed E-state index contributed by atoms with van der Waals surface area (Å²) in [7, 11) is 0. The Morgan fingerprint density at radius 2 is 1.76 bits per heavy atom. The number of aryl methyl sites for hydroxylation is 1. The molecule has 0 saturated carbocycles. The Labute approximate surface area is 274 Å². The fourth-order valence-corrected chi connectivity index (χ4v) is 6.10. The zero-order valence-electron chi connectivity index (χ0n) is 27.0. The van der Waals surface area contributed by atoms with Gasteiger partial charge in [-0.1, -0.05) is 57.2 Å². The van der Waals surface area contributed by atoms with Gasteiger partial charge in [0.05, 0.1) is 41.8 Å². The number of hydrogen-bond donors (Lipinski definition) is 4. The van der Waals surface area contributed by atoms with Gasteiger partial charge in [-0.3, -0.25) is 14.4 Å². The van der Waals surface area contributed by atoms with E-state index in [1.54, 1.807) is 35.6 Å². The summed E-state index contributed by atoms with van der Waals surface area (Å²) >= 11 is 1.58. The molecule has 3 unspecified atom stereocenters. The van der Waals surface area contributed by atoms with Gasteiger partial charge in [-0.2, -0.15) is 0 Å². The van der Waals surface area contributed by atoms with Crippen LogP contribution in [0.4, 0.5) is 0 Å². The minimum atomic E-state index is -0.903. The van der Waals surface area contributed by atoms with Crippen LogP contribution in [0, 0.1) is 12.3 Å². The number of carbonyl (C=O) groups is 3. The van der Waals surface area contributed by atoms with E-state index in [1.807, 2.05) is 57.5 Å². The van der Waals surface area contributed by atoms with E-state index >= 15 is 0 Å². The summed E-state index contributed by atoms with van der Waals surface area (Å²) in [6.45, 7) is 9.60. The average molecular weight is 652 g/mol. The number of benzene rings is 2. The second-order valence-corrected chi connectivity index (χ2v) is 13.4. The first-order valence-corrected chi connectivity index (χ1v) is 16.4. The van der Waals surface area contributed by atoms with Gasteiger partial charge in [-0.15, -0.1) is 11.3 Å². The lowest BCUT2D eigenvalue weighted by Crippen LogP contribution is -2.58. The predicted octanol–water partition coefficient (Wildman–Crippen LogP) is 2.82. The second-order valence-electron chi connectivity index (χ2n) is 12.5. The first-order valence-electron chi connectivity index (χ1n) is 15.5. The lowest BCUT2D eigenvalue weighted by atomic mass is 9.85. The number of carbonyl (C=O) groups excluding carboxylic acids is 3. The second kappa shape index (κ2) is 16.1. The number of amides is 3. The van der Waals surface area contributed by atoms with Crippen molar-refractivity contribution in [3.05, 3.63) is 70.9 Å². The number of thiazole rings is 1. The Kier molecular flexibility index (Phi) is 12.3. The molecule has 0 aliphatic carbocycles. The van der Waals surface area contributed by atoms with Crippen molar-refractivity contribution in [1.82, 2.24) is 20.5 Å². The quantitative estimate of drug-likeness (QED) is 0.194. The maximum absolute atomic E-state index is 13.9. The van der Waals surface area contributed by atoms with E-state index in [9.17, 15) is 19.5 Å². The van der Waals surface area contributed by atoms with Crippen molar-refractivity contribution < 1.29 is 29.0 Å². The van der Waals surface area contributed by atoms with Crippen LogP contribution in [-0.4, -0.2) is 83.8 Å². The molecule has 46 heavy (non-hydrogen) atoms. The molecule has 1 aliphatic heterocycles. The van der Waals surface area contributed by atoms with Crippen LogP contribution in [0.25, 0.3) is 10.4 Å². The minimum absolute atomic E-state index is 0.0149. The van der Waals surface area contributed by atoms with Crippen LogP contribution in [0.3, 0.4) is 0 Å². The lowest BCUT2D eigenvalue weighted by Gasteiger charge is -2.35. The number of nitrogens with zero attached hydrogens (tertiary/aromatic N) is 2. The smallest absolute Gasteiger partial charge is 0.246 e. The number of nitrogens with two attached hydrogens (primary N) is 1. The van der Waals surface area contributed by atoms with Gasteiger partial charge >= 0.3 is 0 Å². The van der Waals surface area contributed by atoms with Crippen LogP contribution in [0.2, 0.25) is 0 Å². The summed E-state index contributed by atoms with van der Waals surface area (Å²) in [5.74, 6) is -0.417. The number of ether oxygens (including phenoxy) is 2. The summed E-state index contributed by atoms with van der Waals surface area (Å²) in [5.41, 5.74) is 10.3. The standard InChI is InChI=1S/C34H45N5O6S/c1-22-30(46-21-37-22)25-9-5-24(6-10-25)19-36-32(42)28-18-26(40)20-39(28)33(43)31(34(2,3)4)38-29(41)17-23-7-11-27(12-8-23)45-16-15-44-14-13-35/h5-12,21,26,28,31,40H,13-20,35H2,1-4H3,(H,36,42)(H,38,41). The average Bonchev–Trinajstić information content (AvgIpc) is 3.64. The van der Waals surface area contributed by atoms with E-state index in [4.69, 9.17) is 15.2 Å². The van der Waals surface area contributed by atoms with Gasteiger partial charge in [0.1, 0.15) is 24.4 Å². The molecule has 0 spiro atoms. The highest BCUT2D eigenvalue weighted by atomic mass is 32.1. The molecule has 248 valence electrons. The van der Waals surface area contributed by atoms with Crippen LogP contribution < -0.4 is 21.1 Å². The van der Waals surface area contributed by atoms with Crippen LogP contribution in [0.15, 0.2) is 54.0 Å². The molecule has 2 heterocycles. The number of rotatable bonds is 14. The Morgan fingerprint density at radius 1 is 1.07 bits per heavy atom. The van der Waals surface area contributed by atoms with Crippen molar-refractivity contribution in [3.63, 3.8) is 0 Å². The van der Waals surface area contributed by atoms with E-state index in [0.29, 0.717) is 32.1 Å². The summed E-state index contributed by atoms with van der Waals surface area (Å²) < 4.78 is 10.9. The SMILES string of the molecule is Cc1ncsc1-c1ccc(CNC(=O)C2CC(O)CN2C(=O)C(NC(=O)Cc2ccc(OCCOCCN)cc2)C(C)(C)C)cc1. The number of aliphatic hydroxyl groups excluding tert-OH is 1. The number of β-amino-alcohol motifs (C(OH)–C–C–N with tert-alkyl or cyclic N) is 1. The van der Waals surface area contributed by atoms with Crippen molar-refractivity contribution in [3.8, 4) is 16.2 Å². The van der Waals surface area contributed by atoms with Crippen LogP contribution in [0.5, 0.6) is 5.75 Å². The minimum Gasteiger partial charge on any atom is -0.491 e. The number of nitrogens with one attached hydrogen (secondary N) is 2. The van der Waals surface area contributed by atoms with Gasteiger partial charge in [0.15, 0.2) is 0 Å². The predicted molar refractivity (Wildman–Crippen MR) is 177 cm³/mol. The molecule has 1 fully saturated rings. The number of aliphatic hydroxyl groups is 1. The third kappa shape index (κ3) is 9.58. The highest BCUT2D eigenvalue weighted by molar-refractivity contribution is 7.13. The van der Waals surface area contributed by atoms with E-state index in [-0.39, 0.29) is 37.7 Å². The van der Waals surface area contributed by atoms with Gasteiger partial charge in [0.2, 0.25) is 17.7 Å². The Bertz CT molecular complexity index is 1450. The molecule has 2 aromatic carbocycles. The molecule has 3 atom stereocenters. The molecular formula is C34H45N5O6S. The number of aromatic nitrogens is 1. The Morgan fingerprint density at radius 3 is 2.39 bits per heavy atom. The van der Waals surface area contributed by atoms with Crippen molar-refractivity contribution in [2.45, 2.75) is 65.3 Å². The molecule has 12 heteroatoms. The van der Waals surface area contributed by atoms with Crippen LogP contribution >= 0.6 is 11.3 Å². The highest BCUT2D eigenvalue weighted by Gasteiger charge is 2.44. The summed E-state index contributed by atoms with van der Waals surface area (Å²) in [6.07, 6.45) is -0.654. The molecular weight excluding hydrogens is 606 g/mol. The van der Waals surface area contributed by atoms with Crippen molar-refractivity contribution in [1.29, 1.82) is 0 Å². The molecule has 1 aromatic heterocycles. The largest absolute Gasteiger partial charge is 0.491 e. The van der Waals surface area contributed by atoms with E-state index < -0.39 is 29.5 Å². The van der Waals surface area contributed by atoms with E-state index in [0.717, 1.165) is 27.3 Å². The fraction of sp³-hybridized carbons (Fsp3) is 0.471. The topological polar surface area (TPSA) is 156 Å². The van der Waals surface area contributed by atoms with Gasteiger partial charge < -0.3 is 35.8 Å². The monoisotopic (exact) mass is 651 g/mol. The Hall–Kier alpha value is -3.84. The maximum atomic E-state index is 13.9. The zero-order valence-corrected chi connectivity index (χ0v) is 27.8. The number of hydrogen-bond acceptors (Lipinski definition) is 9. The van der Waals surface area contributed by atoms with Gasteiger partial charge in [0, 0.05) is 26.1 Å².